The molecule has 0 rings (SSSR count). The van der Waals surface area contributed by atoms with Gasteiger partial charge in [0.25, 0.3) is 5.97 Å². The van der Waals surface area contributed by atoms with Crippen LogP contribution in [0.5, 0.6) is 0 Å². The Bertz CT molecular complexity index is 83.3. The molecule has 7 N–H and O–H groups in total. The molecule has 0 aromatic heterocycles. The number of nitrogens with two attached hydrogens (primary N) is 2. The predicted molar refractivity (Wildman–Crippen MR) is 39.3 cm³/mol. The Balaban J connectivity index is -0.0000000750. The molecule has 0 bridgehead atoms. The second-order valence-electron chi connectivity index (χ2n) is 0.852. The maximum atomic E-state index is 9.00. The summed E-state index contributed by atoms with van der Waals surface area (Å²) in [6, 6.07) is 0. The zero-order chi connectivity index (χ0) is 8.99. The minimum atomic E-state index is -0.833. The van der Waals surface area contributed by atoms with E-state index in [-0.39, 0.29) is 0 Å². The van der Waals surface area contributed by atoms with Crippen molar-refractivity contribution in [2.24, 2.45) is 11.5 Å². The van der Waals surface area contributed by atoms with Gasteiger partial charge in [-0.25, -0.2) is 0 Å². The number of rotatable bonds is 0. The molecule has 0 aliphatic rings. The summed E-state index contributed by atoms with van der Waals surface area (Å²) in [5, 5.41) is 19.1. The molecule has 10 heavy (non-hydrogen) atoms. The van der Waals surface area contributed by atoms with E-state index in [0.717, 1.165) is 19.6 Å². The van der Waals surface area contributed by atoms with Gasteiger partial charge < -0.3 is 16.6 Å². The molecule has 6 heteroatoms. The van der Waals surface area contributed by atoms with Crippen LogP contribution in [0.25, 0.3) is 0 Å². The number of hydrogen-bond acceptors (Lipinski definition) is 3. The Kier molecular flexibility index (Phi) is 41.3. The molecular weight excluding hydrogens is 136 g/mol. The van der Waals surface area contributed by atoms with Crippen molar-refractivity contribution in [3.8, 4) is 0 Å². The molecule has 0 saturated carbocycles. The first-order valence-corrected chi connectivity index (χ1v) is 2.17. The summed E-state index contributed by atoms with van der Waals surface area (Å²) in [4.78, 5) is 9.00. The van der Waals surface area contributed by atoms with Gasteiger partial charge in [0.1, 0.15) is 0 Å². The minimum Gasteiger partial charge on any atom is -0.481 e. The van der Waals surface area contributed by atoms with Gasteiger partial charge in [0, 0.05) is 6.92 Å². The van der Waals surface area contributed by atoms with E-state index in [1.54, 1.807) is 0 Å². The lowest BCUT2D eigenvalue weighted by atomic mass is 10.9. The largest absolute Gasteiger partial charge is 0.481 e. The highest BCUT2D eigenvalue weighted by Gasteiger charge is 1.65. The molecule has 0 atom stereocenters. The van der Waals surface area contributed by atoms with Crippen molar-refractivity contribution in [3.05, 3.63) is 0 Å². The van der Waals surface area contributed by atoms with Crippen LogP contribution in [0, 0.1) is 10.8 Å². The Hall–Kier alpha value is -1.59. The highest BCUT2D eigenvalue weighted by atomic mass is 16.4. The van der Waals surface area contributed by atoms with E-state index in [1.165, 1.54) is 0 Å². The van der Waals surface area contributed by atoms with Gasteiger partial charge in [0.05, 0.1) is 12.7 Å². The molecule has 0 saturated heterocycles. The van der Waals surface area contributed by atoms with Crippen LogP contribution in [0.2, 0.25) is 0 Å². The third-order valence-corrected chi connectivity index (χ3v) is 0. The first-order chi connectivity index (χ1) is 4.56. The third kappa shape index (κ3) is 74.2. The average molecular weight is 148 g/mol. The van der Waals surface area contributed by atoms with Crippen LogP contribution in [0.1, 0.15) is 6.92 Å². The van der Waals surface area contributed by atoms with Crippen LogP contribution < -0.4 is 11.5 Å². The van der Waals surface area contributed by atoms with Crippen molar-refractivity contribution in [1.82, 2.24) is 0 Å². The summed E-state index contributed by atoms with van der Waals surface area (Å²) < 4.78 is 0. The second kappa shape index (κ2) is 26.2. The molecule has 0 aromatic rings. The molecule has 0 radical (unpaired) electrons. The minimum absolute atomic E-state index is 0.750. The lowest BCUT2D eigenvalue weighted by Crippen LogP contribution is -1.81. The lowest BCUT2D eigenvalue weighted by molar-refractivity contribution is -0.134. The van der Waals surface area contributed by atoms with Crippen molar-refractivity contribution in [2.75, 3.05) is 0 Å². The van der Waals surface area contributed by atoms with Gasteiger partial charge in [-0.05, 0) is 0 Å². The van der Waals surface area contributed by atoms with Crippen LogP contribution >= 0.6 is 0 Å². The fourth-order valence-electron chi connectivity index (χ4n) is 0. The summed E-state index contributed by atoms with van der Waals surface area (Å²) >= 11 is 0. The molecule has 0 fully saturated rings. The maximum Gasteiger partial charge on any atom is 0.300 e. The number of carboxylic acids is 1. The van der Waals surface area contributed by atoms with Crippen LogP contribution in [0.4, 0.5) is 0 Å². The second-order valence-corrected chi connectivity index (χ2v) is 0.852. The number of carboxylic acid groups (broad SMARTS) is 1. The number of nitrogens with one attached hydrogen (secondary N) is 2. The molecule has 0 heterocycles. The lowest BCUT2D eigenvalue weighted by Gasteiger charge is -1.59. The van der Waals surface area contributed by atoms with Gasteiger partial charge in [-0.3, -0.25) is 15.6 Å². The van der Waals surface area contributed by atoms with Crippen molar-refractivity contribution >= 4 is 18.6 Å². The van der Waals surface area contributed by atoms with E-state index in [1.807, 2.05) is 0 Å². The average Bonchev–Trinajstić information content (AvgIpc) is 1.65. The summed E-state index contributed by atoms with van der Waals surface area (Å²) in [7, 11) is 0. The fraction of sp³-hybridized carbons (Fsp3) is 0.250. The van der Waals surface area contributed by atoms with Crippen molar-refractivity contribution < 1.29 is 9.90 Å². The summed E-state index contributed by atoms with van der Waals surface area (Å²) in [6.07, 6.45) is 1.50. The molecule has 6 nitrogen and oxygen atoms in total. The number of aliphatic carboxylic acids is 1. The molecule has 0 unspecified atom stereocenters. The van der Waals surface area contributed by atoms with Crippen molar-refractivity contribution in [1.29, 1.82) is 10.8 Å². The third-order valence-electron chi connectivity index (χ3n) is 0. The van der Waals surface area contributed by atoms with Gasteiger partial charge in [-0.15, -0.1) is 0 Å². The van der Waals surface area contributed by atoms with Crippen molar-refractivity contribution in [2.45, 2.75) is 6.92 Å². The highest BCUT2D eigenvalue weighted by Crippen LogP contribution is 1.42. The number of carbonyl (C=O) groups is 1. The summed E-state index contributed by atoms with van der Waals surface area (Å²) in [5.41, 5.74) is 8.78. The first kappa shape index (κ1) is 15.8. The molecular formula is C4H12N4O2. The van der Waals surface area contributed by atoms with Gasteiger partial charge in [0.15, 0.2) is 0 Å². The molecule has 0 aliphatic heterocycles. The zero-order valence-electron chi connectivity index (χ0n) is 5.66. The van der Waals surface area contributed by atoms with Gasteiger partial charge in [0.2, 0.25) is 0 Å². The molecule has 0 spiro atoms. The molecule has 0 amide bonds. The van der Waals surface area contributed by atoms with Crippen molar-refractivity contribution in [3.63, 3.8) is 0 Å². The maximum absolute atomic E-state index is 9.00. The van der Waals surface area contributed by atoms with E-state index in [0.29, 0.717) is 0 Å². The SMILES string of the molecule is CC(=O)O.N=CN.N=CN. The van der Waals surface area contributed by atoms with E-state index in [9.17, 15) is 0 Å². The van der Waals surface area contributed by atoms with Crippen LogP contribution in [-0.4, -0.2) is 23.8 Å². The van der Waals surface area contributed by atoms with Crippen LogP contribution in [0.3, 0.4) is 0 Å². The first-order valence-electron chi connectivity index (χ1n) is 2.17. The zero-order valence-corrected chi connectivity index (χ0v) is 5.66. The van der Waals surface area contributed by atoms with E-state index < -0.39 is 5.97 Å². The Morgan fingerprint density at radius 3 is 1.40 bits per heavy atom. The highest BCUT2D eigenvalue weighted by molar-refractivity contribution is 5.62. The van der Waals surface area contributed by atoms with Gasteiger partial charge in [-0.2, -0.15) is 0 Å². The smallest absolute Gasteiger partial charge is 0.300 e. The van der Waals surface area contributed by atoms with Gasteiger partial charge in [-0.1, -0.05) is 0 Å². The van der Waals surface area contributed by atoms with E-state index in [4.69, 9.17) is 20.7 Å². The summed E-state index contributed by atoms with van der Waals surface area (Å²) in [6.45, 7) is 1.08. The van der Waals surface area contributed by atoms with Crippen LogP contribution in [0.15, 0.2) is 0 Å². The quantitative estimate of drug-likeness (QED) is 0.226. The fourth-order valence-corrected chi connectivity index (χ4v) is 0. The van der Waals surface area contributed by atoms with Crippen LogP contribution in [-0.2, 0) is 4.79 Å². The Labute approximate surface area is 58.9 Å². The number of hydrogen-bond donors (Lipinski definition) is 5. The topological polar surface area (TPSA) is 137 Å². The monoisotopic (exact) mass is 148 g/mol. The Morgan fingerprint density at radius 2 is 1.40 bits per heavy atom. The predicted octanol–water partition coefficient (Wildman–Crippen LogP) is -0.805. The normalized spacial score (nSPS) is 4.90. The molecule has 60 valence electrons. The van der Waals surface area contributed by atoms with E-state index >= 15 is 0 Å². The van der Waals surface area contributed by atoms with E-state index in [2.05, 4.69) is 11.5 Å². The standard InChI is InChI=1S/C2H4O2.2CH4N2/c1-2(3)4;2*2-1-3/h1H3,(H,3,4);2*1H,(H3,2,3). The molecule has 0 aliphatic carbocycles. The Morgan fingerprint density at radius 1 is 1.40 bits per heavy atom. The summed E-state index contributed by atoms with van der Waals surface area (Å²) in [5.74, 6) is -0.833. The molecule has 0 aromatic carbocycles. The van der Waals surface area contributed by atoms with Gasteiger partial charge >= 0.3 is 0 Å².